The highest BCUT2D eigenvalue weighted by Gasteiger charge is 2.53. The number of carbonyl (C=O) groups is 2. The van der Waals surface area contributed by atoms with Gasteiger partial charge in [0.05, 0.1) is 23.0 Å². The molecule has 0 radical (unpaired) electrons. The molecule has 3 aliphatic rings. The molecule has 0 aromatic heterocycles. The van der Waals surface area contributed by atoms with Crippen LogP contribution in [0, 0.1) is 6.92 Å². The average molecular weight is 461 g/mol. The molecule has 0 amide bonds. The van der Waals surface area contributed by atoms with Gasteiger partial charge in [0.2, 0.25) is 0 Å². The molecule has 2 unspecified atom stereocenters. The van der Waals surface area contributed by atoms with Crippen molar-refractivity contribution in [2.75, 3.05) is 0 Å². The fourth-order valence-corrected chi connectivity index (χ4v) is 5.55. The van der Waals surface area contributed by atoms with Crippen LogP contribution in [0.25, 0.3) is 0 Å². The first-order valence-corrected chi connectivity index (χ1v) is 11.8. The van der Waals surface area contributed by atoms with Crippen molar-refractivity contribution in [1.29, 1.82) is 0 Å². The molecule has 7 rings (SSSR count). The summed E-state index contributed by atoms with van der Waals surface area (Å²) in [5.41, 5.74) is 6.57. The van der Waals surface area contributed by atoms with Crippen LogP contribution >= 0.6 is 0 Å². The van der Waals surface area contributed by atoms with Crippen LogP contribution < -0.4 is 0 Å². The Hall–Kier alpha value is -4.18. The van der Waals surface area contributed by atoms with Crippen LogP contribution in [-0.2, 0) is 9.47 Å². The van der Waals surface area contributed by atoms with Crippen molar-refractivity contribution in [3.63, 3.8) is 0 Å². The Bertz CT molecular complexity index is 1410. The second kappa shape index (κ2) is 8.55. The van der Waals surface area contributed by atoms with Gasteiger partial charge in [-0.2, -0.15) is 0 Å². The van der Waals surface area contributed by atoms with E-state index in [2.05, 4.69) is 37.3 Å². The third kappa shape index (κ3) is 3.62. The van der Waals surface area contributed by atoms with Crippen molar-refractivity contribution >= 4 is 11.9 Å². The van der Waals surface area contributed by atoms with Gasteiger partial charge in [0.15, 0.2) is 12.2 Å². The summed E-state index contributed by atoms with van der Waals surface area (Å²) in [6.45, 7) is 2.06. The second-order valence-corrected chi connectivity index (χ2v) is 9.19. The minimum Gasteiger partial charge on any atom is -0.454 e. The molecule has 0 aliphatic heterocycles. The maximum atomic E-state index is 13.2. The first-order valence-electron chi connectivity index (χ1n) is 11.8. The normalized spacial score (nSPS) is 21.5. The predicted molar refractivity (Wildman–Crippen MR) is 133 cm³/mol. The zero-order chi connectivity index (χ0) is 23.9. The first-order chi connectivity index (χ1) is 17.1. The lowest BCUT2D eigenvalue weighted by Gasteiger charge is -2.49. The van der Waals surface area contributed by atoms with Crippen LogP contribution in [0.3, 0.4) is 0 Å². The molecular weight excluding hydrogens is 436 g/mol. The topological polar surface area (TPSA) is 52.6 Å². The minimum atomic E-state index is -0.649. The van der Waals surface area contributed by atoms with Gasteiger partial charge >= 0.3 is 11.9 Å². The predicted octanol–water partition coefficient (Wildman–Crippen LogP) is 6.04. The maximum Gasteiger partial charge on any atom is 0.338 e. The maximum absolute atomic E-state index is 13.2. The van der Waals surface area contributed by atoms with Gasteiger partial charge in [0.1, 0.15) is 0 Å². The monoisotopic (exact) mass is 460 g/mol. The molecule has 0 saturated carbocycles. The van der Waals surface area contributed by atoms with Crippen LogP contribution in [0.5, 0.6) is 0 Å². The highest BCUT2D eigenvalue weighted by Crippen LogP contribution is 2.55. The molecule has 0 fully saturated rings. The third-order valence-electron chi connectivity index (χ3n) is 7.06. The summed E-state index contributed by atoms with van der Waals surface area (Å²) in [4.78, 5) is 26.4. The molecule has 0 heterocycles. The number of esters is 2. The fraction of sp³-hybridized carbons (Fsp3) is 0.161. The van der Waals surface area contributed by atoms with Gasteiger partial charge in [-0.25, -0.2) is 9.59 Å². The highest BCUT2D eigenvalue weighted by atomic mass is 16.6. The van der Waals surface area contributed by atoms with Gasteiger partial charge in [0, 0.05) is 0 Å². The van der Waals surface area contributed by atoms with E-state index in [0.717, 1.165) is 27.8 Å². The Morgan fingerprint density at radius 2 is 0.971 bits per heavy atom. The van der Waals surface area contributed by atoms with Crippen LogP contribution in [0.1, 0.15) is 60.4 Å². The lowest BCUT2D eigenvalue weighted by Crippen LogP contribution is -2.51. The molecule has 0 N–H and O–H groups in total. The van der Waals surface area contributed by atoms with Crippen molar-refractivity contribution in [2.24, 2.45) is 0 Å². The molecule has 0 spiro atoms. The summed E-state index contributed by atoms with van der Waals surface area (Å²) in [5.74, 6) is -1.30. The van der Waals surface area contributed by atoms with Crippen molar-refractivity contribution in [2.45, 2.75) is 31.0 Å². The Kier molecular flexibility index (Phi) is 5.22. The largest absolute Gasteiger partial charge is 0.454 e. The average Bonchev–Trinajstić information content (AvgIpc) is 2.90. The molecule has 35 heavy (non-hydrogen) atoms. The Labute approximate surface area is 204 Å². The number of hydrogen-bond donors (Lipinski definition) is 0. The Morgan fingerprint density at radius 3 is 1.49 bits per heavy atom. The number of aryl methyl sites for hydroxylation is 1. The number of carbonyl (C=O) groups excluding carboxylic acids is 2. The minimum absolute atomic E-state index is 0.229. The third-order valence-corrected chi connectivity index (χ3v) is 7.06. The molecule has 172 valence electrons. The van der Waals surface area contributed by atoms with E-state index in [9.17, 15) is 9.59 Å². The second-order valence-electron chi connectivity index (χ2n) is 9.19. The van der Waals surface area contributed by atoms with Crippen molar-refractivity contribution in [3.8, 4) is 0 Å². The van der Waals surface area contributed by atoms with Crippen LogP contribution in [0.4, 0.5) is 0 Å². The molecule has 4 aromatic rings. The van der Waals surface area contributed by atoms with E-state index in [1.165, 1.54) is 0 Å². The van der Waals surface area contributed by atoms with Gasteiger partial charge in [-0.1, -0.05) is 84.4 Å². The van der Waals surface area contributed by atoms with Crippen molar-refractivity contribution in [3.05, 3.63) is 142 Å². The van der Waals surface area contributed by atoms with E-state index in [1.54, 1.807) is 24.3 Å². The molecule has 4 atom stereocenters. The number of ether oxygens (including phenoxy) is 2. The summed E-state index contributed by atoms with van der Waals surface area (Å²) in [5, 5.41) is 0. The van der Waals surface area contributed by atoms with Gasteiger partial charge in [-0.3, -0.25) is 0 Å². The standard InChI is InChI=1S/C31H24O4/c1-19-16-17-24-25(18-19)27-23-15-9-8-14-22(23)26(24)28(34-30(32)20-10-4-2-5-11-20)29(27)35-31(33)21-12-6-3-7-13-21/h2-18,26-29H,1H3/t26-,27-,28?,29?/m1/s1. The van der Waals surface area contributed by atoms with Crippen molar-refractivity contribution < 1.29 is 19.1 Å². The number of fused-ring (bicyclic) bond motifs is 1. The van der Waals surface area contributed by atoms with Gasteiger partial charge in [-0.05, 0) is 53.4 Å². The summed E-state index contributed by atoms with van der Waals surface area (Å²) in [6.07, 6.45) is -1.30. The van der Waals surface area contributed by atoms with Crippen LogP contribution in [-0.4, -0.2) is 24.1 Å². The lowest BCUT2D eigenvalue weighted by molar-refractivity contribution is -0.0557. The molecule has 4 heteroatoms. The molecule has 2 bridgehead atoms. The molecule has 0 saturated heterocycles. The van der Waals surface area contributed by atoms with E-state index in [1.807, 2.05) is 48.5 Å². The number of rotatable bonds is 4. The number of benzene rings is 4. The smallest absolute Gasteiger partial charge is 0.338 e. The SMILES string of the molecule is Cc1ccc2c(c1)[C@H]1c3ccccc3[C@H]2C(OC(=O)c2ccccc2)C1OC(=O)c1ccccc1. The summed E-state index contributed by atoms with van der Waals surface area (Å²) < 4.78 is 12.4. The zero-order valence-corrected chi connectivity index (χ0v) is 19.3. The van der Waals surface area contributed by atoms with Crippen molar-refractivity contribution in [1.82, 2.24) is 0 Å². The van der Waals surface area contributed by atoms with E-state index in [0.29, 0.717) is 11.1 Å². The van der Waals surface area contributed by atoms with E-state index in [4.69, 9.17) is 9.47 Å². The van der Waals surface area contributed by atoms with Gasteiger partial charge < -0.3 is 9.47 Å². The highest BCUT2D eigenvalue weighted by molar-refractivity contribution is 5.90. The van der Waals surface area contributed by atoms with Gasteiger partial charge in [0.25, 0.3) is 0 Å². The van der Waals surface area contributed by atoms with E-state index in [-0.39, 0.29) is 11.8 Å². The quantitative estimate of drug-likeness (QED) is 0.349. The van der Waals surface area contributed by atoms with Gasteiger partial charge in [-0.15, -0.1) is 0 Å². The van der Waals surface area contributed by atoms with E-state index >= 15 is 0 Å². The number of hydrogen-bond acceptors (Lipinski definition) is 4. The fourth-order valence-electron chi connectivity index (χ4n) is 5.55. The molecule has 3 aliphatic carbocycles. The zero-order valence-electron chi connectivity index (χ0n) is 19.3. The lowest BCUT2D eigenvalue weighted by atomic mass is 9.60. The summed E-state index contributed by atoms with van der Waals surface area (Å²) in [7, 11) is 0. The van der Waals surface area contributed by atoms with E-state index < -0.39 is 24.1 Å². The Balaban J connectivity index is 1.47. The Morgan fingerprint density at radius 1 is 0.543 bits per heavy atom. The summed E-state index contributed by atoms with van der Waals surface area (Å²) >= 11 is 0. The molecule has 4 nitrogen and oxygen atoms in total. The van der Waals surface area contributed by atoms with Crippen LogP contribution in [0.15, 0.2) is 103 Å². The summed E-state index contributed by atoms with van der Waals surface area (Å²) in [6, 6.07) is 32.5. The first kappa shape index (κ1) is 21.4. The molecule has 4 aromatic carbocycles. The van der Waals surface area contributed by atoms with Crippen LogP contribution in [0.2, 0.25) is 0 Å². The molecular formula is C31H24O4.